The maximum absolute atomic E-state index is 9.56. The number of aromatic amines is 1. The molecule has 0 aromatic carbocycles. The number of aromatic nitrogens is 3. The Bertz CT molecular complexity index is 1100. The Balaban J connectivity index is 2.62. The van der Waals surface area contributed by atoms with Crippen molar-refractivity contribution < 1.29 is 4.74 Å². The van der Waals surface area contributed by atoms with Crippen LogP contribution >= 0.6 is 23.4 Å². The maximum atomic E-state index is 9.56. The number of nitrogens with one attached hydrogen (secondary N) is 1. The molecule has 7 nitrogen and oxygen atoms in total. The van der Waals surface area contributed by atoms with Crippen molar-refractivity contribution in [2.45, 2.75) is 25.9 Å². The fourth-order valence-electron chi connectivity index (χ4n) is 2.95. The van der Waals surface area contributed by atoms with Crippen LogP contribution in [0.5, 0.6) is 0 Å². The highest BCUT2D eigenvalue weighted by Gasteiger charge is 2.19. The maximum Gasteiger partial charge on any atom is 0.190 e. The molecule has 2 aromatic heterocycles. The topological polar surface area (TPSA) is 102 Å². The lowest BCUT2D eigenvalue weighted by atomic mass is 10.0. The highest BCUT2D eigenvalue weighted by molar-refractivity contribution is 7.99. The third-order valence-corrected chi connectivity index (χ3v) is 5.78. The summed E-state index contributed by atoms with van der Waals surface area (Å²) in [5.41, 5.74) is 2.24. The summed E-state index contributed by atoms with van der Waals surface area (Å²) in [6, 6.07) is 4.22. The number of rotatable bonds is 10. The Hall–Kier alpha value is -2.78. The Morgan fingerprint density at radius 3 is 2.61 bits per heavy atom. The number of thioether (sulfide) groups is 1. The van der Waals surface area contributed by atoms with E-state index in [9.17, 15) is 10.5 Å². The number of allylic oxidation sites excluding steroid dienone is 4. The van der Waals surface area contributed by atoms with Crippen LogP contribution in [-0.4, -0.2) is 52.3 Å². The first-order chi connectivity index (χ1) is 14.9. The third-order valence-electron chi connectivity index (χ3n) is 4.74. The van der Waals surface area contributed by atoms with Gasteiger partial charge >= 0.3 is 0 Å². The molecule has 0 saturated carbocycles. The second-order valence-corrected chi connectivity index (χ2v) is 8.05. The minimum Gasteiger partial charge on any atom is -0.496 e. The average molecular weight is 457 g/mol. The summed E-state index contributed by atoms with van der Waals surface area (Å²) in [6.45, 7) is 12.6. The summed E-state index contributed by atoms with van der Waals surface area (Å²) in [7, 11) is 1.47. The molecule has 162 valence electrons. The molecule has 0 aliphatic carbocycles. The molecule has 0 atom stereocenters. The van der Waals surface area contributed by atoms with Gasteiger partial charge in [-0.1, -0.05) is 43.8 Å². The van der Waals surface area contributed by atoms with Crippen molar-refractivity contribution in [2.24, 2.45) is 0 Å². The predicted molar refractivity (Wildman–Crippen MR) is 125 cm³/mol. The number of halogens is 1. The molecule has 0 spiro atoms. The number of methoxy groups -OCH3 is 1. The Labute approximate surface area is 192 Å². The average Bonchev–Trinajstić information content (AvgIpc) is 3.19. The monoisotopic (exact) mass is 456 g/mol. The molecule has 1 N–H and O–H groups in total. The van der Waals surface area contributed by atoms with Crippen LogP contribution < -0.4 is 0 Å². The molecule has 0 aliphatic rings. The van der Waals surface area contributed by atoms with E-state index in [2.05, 4.69) is 47.4 Å². The second kappa shape index (κ2) is 11.6. The van der Waals surface area contributed by atoms with Gasteiger partial charge in [-0.25, -0.2) is 9.97 Å². The molecule has 0 aliphatic heterocycles. The van der Waals surface area contributed by atoms with E-state index in [4.69, 9.17) is 21.3 Å². The summed E-state index contributed by atoms with van der Waals surface area (Å²) in [6.07, 6.45) is 3.21. The van der Waals surface area contributed by atoms with Gasteiger partial charge in [0, 0.05) is 29.1 Å². The molecule has 2 aromatic rings. The number of fused-ring (bicyclic) bond motifs is 1. The van der Waals surface area contributed by atoms with E-state index < -0.39 is 0 Å². The van der Waals surface area contributed by atoms with E-state index >= 15 is 0 Å². The lowest BCUT2D eigenvalue weighted by Gasteiger charge is -2.17. The van der Waals surface area contributed by atoms with Gasteiger partial charge in [0.1, 0.15) is 17.5 Å². The quantitative estimate of drug-likeness (QED) is 0.179. The molecule has 0 radical (unpaired) electrons. The molecular weight excluding hydrogens is 432 g/mol. The van der Waals surface area contributed by atoms with Crippen LogP contribution in [0.25, 0.3) is 16.6 Å². The molecule has 9 heteroatoms. The molecule has 0 amide bonds. The fourth-order valence-corrected chi connectivity index (χ4v) is 3.94. The first-order valence-electron chi connectivity index (χ1n) is 9.76. The van der Waals surface area contributed by atoms with Crippen molar-refractivity contribution in [3.63, 3.8) is 0 Å². The minimum atomic E-state index is 0.212. The lowest BCUT2D eigenvalue weighted by molar-refractivity contribution is 0.304. The van der Waals surface area contributed by atoms with Crippen LogP contribution in [0.3, 0.4) is 0 Å². The molecular formula is C22H25ClN6OS. The fraction of sp³-hybridized carbons (Fsp3) is 0.364. The summed E-state index contributed by atoms with van der Waals surface area (Å²) in [5, 5.41) is 20.1. The number of hydrogen-bond donors (Lipinski definition) is 1. The van der Waals surface area contributed by atoms with E-state index in [1.54, 1.807) is 19.2 Å². The van der Waals surface area contributed by atoms with Crippen LogP contribution in [0.4, 0.5) is 0 Å². The Morgan fingerprint density at radius 1 is 1.35 bits per heavy atom. The molecule has 0 unspecified atom stereocenters. The van der Waals surface area contributed by atoms with Crippen molar-refractivity contribution in [3.8, 4) is 12.1 Å². The summed E-state index contributed by atoms with van der Waals surface area (Å²) < 4.78 is 5.36. The zero-order valence-electron chi connectivity index (χ0n) is 18.1. The summed E-state index contributed by atoms with van der Waals surface area (Å²) in [4.78, 5) is 14.7. The summed E-state index contributed by atoms with van der Waals surface area (Å²) >= 11 is 7.86. The van der Waals surface area contributed by atoms with Crippen molar-refractivity contribution in [1.29, 1.82) is 10.5 Å². The van der Waals surface area contributed by atoms with E-state index in [1.165, 1.54) is 18.9 Å². The normalized spacial score (nSPS) is 12.5. The molecule has 2 rings (SSSR count). The second-order valence-electron chi connectivity index (χ2n) is 6.54. The molecule has 0 saturated heterocycles. The zero-order valence-corrected chi connectivity index (χ0v) is 19.7. The highest BCUT2D eigenvalue weighted by atomic mass is 35.5. The smallest absolute Gasteiger partial charge is 0.190 e. The van der Waals surface area contributed by atoms with E-state index in [0.29, 0.717) is 44.4 Å². The number of nitriles is 2. The number of H-pyrrole nitrogens is 1. The van der Waals surface area contributed by atoms with Gasteiger partial charge in [-0.2, -0.15) is 10.5 Å². The van der Waals surface area contributed by atoms with Gasteiger partial charge in [0.05, 0.1) is 35.4 Å². The number of hydrogen-bond acceptors (Lipinski definition) is 7. The molecule has 0 fully saturated rings. The lowest BCUT2D eigenvalue weighted by Crippen LogP contribution is -2.25. The number of nitrogens with zero attached hydrogens (tertiary/aromatic N) is 5. The zero-order chi connectivity index (χ0) is 23.0. The van der Waals surface area contributed by atoms with Crippen molar-refractivity contribution in [1.82, 2.24) is 19.9 Å². The first kappa shape index (κ1) is 24.5. The summed E-state index contributed by atoms with van der Waals surface area (Å²) in [5.74, 6) is 1.16. The van der Waals surface area contributed by atoms with E-state index in [-0.39, 0.29) is 5.03 Å². The standard InChI is InChI=1S/C22H25ClN6OS/c1-6-29(7-2)8-9-31-22-27-20(19-16(12-25)13-26-21(19)28-22)17(15(4)23)10-18(30-5)14(3)11-24/h10,13H,4,6-9H2,1-3,5H3,(H,26,27,28)/b17-10+,18-14-. The van der Waals surface area contributed by atoms with Crippen LogP contribution in [-0.2, 0) is 4.74 Å². The van der Waals surface area contributed by atoms with Gasteiger partial charge in [0.2, 0.25) is 0 Å². The van der Waals surface area contributed by atoms with Crippen molar-refractivity contribution >= 4 is 40.0 Å². The Morgan fingerprint density at radius 2 is 2.06 bits per heavy atom. The van der Waals surface area contributed by atoms with Gasteiger partial charge in [0.15, 0.2) is 5.16 Å². The number of ether oxygens (including phenoxy) is 1. The third kappa shape index (κ3) is 5.89. The largest absolute Gasteiger partial charge is 0.496 e. The van der Waals surface area contributed by atoms with Gasteiger partial charge in [0.25, 0.3) is 0 Å². The van der Waals surface area contributed by atoms with Gasteiger partial charge < -0.3 is 14.6 Å². The predicted octanol–water partition coefficient (Wildman–Crippen LogP) is 4.84. The van der Waals surface area contributed by atoms with E-state index in [0.717, 1.165) is 25.4 Å². The van der Waals surface area contributed by atoms with Crippen LogP contribution in [0.15, 0.2) is 40.4 Å². The highest BCUT2D eigenvalue weighted by Crippen LogP contribution is 2.33. The van der Waals surface area contributed by atoms with Crippen LogP contribution in [0.2, 0.25) is 0 Å². The molecule has 31 heavy (non-hydrogen) atoms. The van der Waals surface area contributed by atoms with Crippen molar-refractivity contribution in [3.05, 3.63) is 46.5 Å². The van der Waals surface area contributed by atoms with Gasteiger partial charge in [-0.05, 0) is 26.1 Å². The minimum absolute atomic E-state index is 0.212. The first-order valence-corrected chi connectivity index (χ1v) is 11.1. The van der Waals surface area contributed by atoms with Gasteiger partial charge in [-0.15, -0.1) is 0 Å². The van der Waals surface area contributed by atoms with E-state index in [1.807, 2.05) is 0 Å². The molecule has 2 heterocycles. The Kier molecular flexibility index (Phi) is 9.14. The van der Waals surface area contributed by atoms with Crippen LogP contribution in [0.1, 0.15) is 32.0 Å². The van der Waals surface area contributed by atoms with Gasteiger partial charge in [-0.3, -0.25) is 0 Å². The van der Waals surface area contributed by atoms with Crippen molar-refractivity contribution in [2.75, 3.05) is 32.5 Å². The molecule has 0 bridgehead atoms. The SMILES string of the molecule is C=C(Cl)/C(=C\C(OC)=C(/C)C#N)c1nc(SCCN(CC)CC)nc2[nH]cc(C#N)c12. The van der Waals surface area contributed by atoms with Crippen LogP contribution in [0, 0.1) is 22.7 Å².